The van der Waals surface area contributed by atoms with Gasteiger partial charge in [0.25, 0.3) is 5.91 Å². The lowest BCUT2D eigenvalue weighted by Crippen LogP contribution is -2.48. The molecular weight excluding hydrogens is 346 g/mol. The first-order chi connectivity index (χ1) is 12.5. The van der Waals surface area contributed by atoms with Crippen LogP contribution in [0.2, 0.25) is 0 Å². The average Bonchev–Trinajstić information content (AvgIpc) is 2.93. The van der Waals surface area contributed by atoms with Crippen molar-refractivity contribution in [2.24, 2.45) is 5.92 Å². The number of carbonyl (C=O) groups is 2. The number of carbonyl (C=O) groups excluding carboxylic acids is 2. The number of hydrogen-bond donors (Lipinski definition) is 0. The van der Waals surface area contributed by atoms with Crippen LogP contribution < -0.4 is 0 Å². The number of rotatable bonds is 3. The summed E-state index contributed by atoms with van der Waals surface area (Å²) in [7, 11) is 0. The standard InChI is InChI=1S/C20H23N3O2S/c1-13(2)7-8-23-16-5-3-15(20(23)25)10-22(11-16)19(24)14-4-6-17-18(9-14)26-12-21-17/h4,6-7,9,12,15-16H,3,5,8,10-11H2,1-2H3/t15-,16+/m0/s1. The highest BCUT2D eigenvalue weighted by Crippen LogP contribution is 2.30. The summed E-state index contributed by atoms with van der Waals surface area (Å²) in [6.45, 7) is 5.90. The minimum atomic E-state index is -0.0737. The van der Waals surface area contributed by atoms with E-state index in [1.165, 1.54) is 5.57 Å². The van der Waals surface area contributed by atoms with Crippen molar-refractivity contribution in [1.82, 2.24) is 14.8 Å². The van der Waals surface area contributed by atoms with Crippen molar-refractivity contribution in [3.8, 4) is 0 Å². The van der Waals surface area contributed by atoms with Crippen LogP contribution in [0.15, 0.2) is 35.4 Å². The van der Waals surface area contributed by atoms with Crippen molar-refractivity contribution in [2.45, 2.75) is 32.7 Å². The van der Waals surface area contributed by atoms with Gasteiger partial charge in [-0.05, 0) is 44.9 Å². The molecule has 2 atom stereocenters. The van der Waals surface area contributed by atoms with Gasteiger partial charge in [0.05, 0.1) is 21.6 Å². The van der Waals surface area contributed by atoms with Gasteiger partial charge in [0.2, 0.25) is 5.91 Å². The lowest BCUT2D eigenvalue weighted by atomic mass is 9.94. The van der Waals surface area contributed by atoms with Gasteiger partial charge in [-0.15, -0.1) is 11.3 Å². The first-order valence-corrected chi connectivity index (χ1v) is 9.97. The van der Waals surface area contributed by atoms with Gasteiger partial charge in [-0.1, -0.05) is 11.6 Å². The average molecular weight is 369 g/mol. The SMILES string of the molecule is CC(C)=CCN1C(=O)[C@H]2CC[C@@H]1CN(C(=O)c1ccc3ncsc3c1)C2. The molecule has 3 saturated heterocycles. The Balaban J connectivity index is 1.57. The summed E-state index contributed by atoms with van der Waals surface area (Å²) in [5.74, 6) is 0.149. The van der Waals surface area contributed by atoms with Crippen LogP contribution in [0.25, 0.3) is 10.2 Å². The van der Waals surface area contributed by atoms with Crippen molar-refractivity contribution in [1.29, 1.82) is 0 Å². The van der Waals surface area contributed by atoms with Crippen molar-refractivity contribution >= 4 is 33.4 Å². The number of hydrogen-bond acceptors (Lipinski definition) is 4. The van der Waals surface area contributed by atoms with Crippen LogP contribution in [0, 0.1) is 5.92 Å². The van der Waals surface area contributed by atoms with E-state index >= 15 is 0 Å². The third-order valence-corrected chi connectivity index (χ3v) is 6.15. The molecule has 2 bridgehead atoms. The molecule has 3 aliphatic heterocycles. The molecule has 1 aromatic carbocycles. The number of fused-ring (bicyclic) bond motifs is 5. The van der Waals surface area contributed by atoms with Crippen molar-refractivity contribution < 1.29 is 9.59 Å². The number of amides is 2. The van der Waals surface area contributed by atoms with Gasteiger partial charge in [0, 0.05) is 31.2 Å². The highest BCUT2D eigenvalue weighted by atomic mass is 32.1. The first-order valence-electron chi connectivity index (χ1n) is 9.09. The summed E-state index contributed by atoms with van der Waals surface area (Å²) in [6, 6.07) is 5.79. The van der Waals surface area contributed by atoms with E-state index < -0.39 is 0 Å². The molecule has 2 amide bonds. The third-order valence-electron chi connectivity index (χ3n) is 5.36. The molecule has 5 nitrogen and oxygen atoms in total. The molecule has 0 radical (unpaired) electrons. The number of thiazole rings is 1. The van der Waals surface area contributed by atoms with Crippen LogP contribution in [0.3, 0.4) is 0 Å². The number of benzene rings is 1. The summed E-state index contributed by atoms with van der Waals surface area (Å²) in [5, 5.41) is 0. The Kier molecular flexibility index (Phi) is 4.53. The smallest absolute Gasteiger partial charge is 0.253 e. The quantitative estimate of drug-likeness (QED) is 0.780. The van der Waals surface area contributed by atoms with Crippen molar-refractivity contribution in [3.05, 3.63) is 40.9 Å². The number of piperidine rings is 1. The Labute approximate surface area is 157 Å². The van der Waals surface area contributed by atoms with E-state index in [0.717, 1.165) is 23.1 Å². The molecule has 0 aliphatic carbocycles. The predicted octanol–water partition coefficient (Wildman–Crippen LogP) is 3.33. The predicted molar refractivity (Wildman–Crippen MR) is 103 cm³/mol. The summed E-state index contributed by atoms with van der Waals surface area (Å²) in [5.41, 5.74) is 4.62. The van der Waals surface area contributed by atoms with Crippen LogP contribution in [0.1, 0.15) is 37.0 Å². The van der Waals surface area contributed by atoms with Gasteiger partial charge < -0.3 is 9.80 Å². The molecule has 6 heteroatoms. The van der Waals surface area contributed by atoms with Crippen molar-refractivity contribution in [3.63, 3.8) is 0 Å². The maximum Gasteiger partial charge on any atom is 0.253 e. The van der Waals surface area contributed by atoms with E-state index in [9.17, 15) is 9.59 Å². The lowest BCUT2D eigenvalue weighted by Gasteiger charge is -2.35. The van der Waals surface area contributed by atoms with Crippen LogP contribution >= 0.6 is 11.3 Å². The molecule has 3 aliphatic rings. The van der Waals surface area contributed by atoms with Gasteiger partial charge in [-0.25, -0.2) is 4.98 Å². The second kappa shape index (κ2) is 6.83. The molecular formula is C20H23N3O2S. The van der Waals surface area contributed by atoms with Gasteiger partial charge in [0.1, 0.15) is 0 Å². The monoisotopic (exact) mass is 369 g/mol. The zero-order valence-electron chi connectivity index (χ0n) is 15.1. The van der Waals surface area contributed by atoms with Gasteiger partial charge in [-0.2, -0.15) is 0 Å². The fourth-order valence-corrected chi connectivity index (χ4v) is 4.61. The maximum absolute atomic E-state index is 13.1. The van der Waals surface area contributed by atoms with E-state index in [0.29, 0.717) is 25.2 Å². The molecule has 3 fully saturated rings. The molecule has 4 heterocycles. The Bertz CT molecular complexity index is 884. The maximum atomic E-state index is 13.1. The summed E-state index contributed by atoms with van der Waals surface area (Å²) < 4.78 is 1.02. The summed E-state index contributed by atoms with van der Waals surface area (Å²) in [6.07, 6.45) is 3.96. The lowest BCUT2D eigenvalue weighted by molar-refractivity contribution is -0.139. The van der Waals surface area contributed by atoms with E-state index in [2.05, 4.69) is 11.1 Å². The van der Waals surface area contributed by atoms with Gasteiger partial charge in [0.15, 0.2) is 0 Å². The zero-order chi connectivity index (χ0) is 18.3. The van der Waals surface area contributed by atoms with Gasteiger partial charge in [-0.3, -0.25) is 9.59 Å². The summed E-state index contributed by atoms with van der Waals surface area (Å²) >= 11 is 1.54. The molecule has 26 heavy (non-hydrogen) atoms. The fourth-order valence-electron chi connectivity index (χ4n) is 3.90. The molecule has 5 rings (SSSR count). The second-order valence-corrected chi connectivity index (χ2v) is 8.33. The molecule has 0 N–H and O–H groups in total. The fraction of sp³-hybridized carbons (Fsp3) is 0.450. The third kappa shape index (κ3) is 3.14. The molecule has 0 unspecified atom stereocenters. The molecule has 0 spiro atoms. The van der Waals surface area contributed by atoms with Crippen LogP contribution in [0.4, 0.5) is 0 Å². The Hall–Kier alpha value is -2.21. The first kappa shape index (κ1) is 17.2. The Morgan fingerprint density at radius 1 is 1.31 bits per heavy atom. The number of nitrogens with zero attached hydrogens (tertiary/aromatic N) is 3. The number of allylic oxidation sites excluding steroid dienone is 1. The van der Waals surface area contributed by atoms with Crippen LogP contribution in [0.5, 0.6) is 0 Å². The van der Waals surface area contributed by atoms with E-state index in [1.54, 1.807) is 16.8 Å². The molecule has 2 aromatic rings. The van der Waals surface area contributed by atoms with E-state index in [-0.39, 0.29) is 23.8 Å². The highest BCUT2D eigenvalue weighted by molar-refractivity contribution is 7.16. The minimum absolute atomic E-state index is 0.0223. The molecule has 0 saturated carbocycles. The number of aromatic nitrogens is 1. The molecule has 1 aromatic heterocycles. The Morgan fingerprint density at radius 2 is 2.15 bits per heavy atom. The molecule has 136 valence electrons. The topological polar surface area (TPSA) is 53.5 Å². The van der Waals surface area contributed by atoms with Crippen LogP contribution in [-0.2, 0) is 4.79 Å². The normalized spacial score (nSPS) is 22.6. The Morgan fingerprint density at radius 3 is 2.96 bits per heavy atom. The zero-order valence-corrected chi connectivity index (χ0v) is 16.0. The van der Waals surface area contributed by atoms with E-state index in [1.807, 2.05) is 41.8 Å². The van der Waals surface area contributed by atoms with Crippen LogP contribution in [-0.4, -0.2) is 52.3 Å². The second-order valence-electron chi connectivity index (χ2n) is 7.45. The minimum Gasteiger partial charge on any atom is -0.336 e. The largest absolute Gasteiger partial charge is 0.336 e. The highest BCUT2D eigenvalue weighted by Gasteiger charge is 2.41. The van der Waals surface area contributed by atoms with E-state index in [4.69, 9.17) is 0 Å². The summed E-state index contributed by atoms with van der Waals surface area (Å²) in [4.78, 5) is 34.0. The van der Waals surface area contributed by atoms with Gasteiger partial charge >= 0.3 is 0 Å². The van der Waals surface area contributed by atoms with Crippen molar-refractivity contribution in [2.75, 3.05) is 19.6 Å².